The Morgan fingerprint density at radius 2 is 1.85 bits per heavy atom. The van der Waals surface area contributed by atoms with Gasteiger partial charge in [-0.1, -0.05) is 18.5 Å². The number of nitrogens with zero attached hydrogens (tertiary/aromatic N) is 3. The molecule has 0 saturated carbocycles. The second-order valence-corrected chi connectivity index (χ2v) is 7.32. The van der Waals surface area contributed by atoms with E-state index in [1.807, 2.05) is 25.1 Å². The Kier molecular flexibility index (Phi) is 5.03. The second-order valence-electron chi connectivity index (χ2n) is 6.88. The number of imidazole rings is 1. The predicted molar refractivity (Wildman–Crippen MR) is 110 cm³/mol. The molecule has 1 aliphatic rings. The van der Waals surface area contributed by atoms with Crippen LogP contribution in [-0.2, 0) is 6.42 Å². The zero-order valence-corrected chi connectivity index (χ0v) is 16.2. The van der Waals surface area contributed by atoms with Crippen LogP contribution in [0.3, 0.4) is 0 Å². The molecule has 1 aromatic carbocycles. The average Bonchev–Trinajstić information content (AvgIpc) is 3.07. The molecule has 27 heavy (non-hydrogen) atoms. The summed E-state index contributed by atoms with van der Waals surface area (Å²) in [5.41, 5.74) is 4.01. The van der Waals surface area contributed by atoms with Crippen LogP contribution in [0.2, 0.25) is 5.02 Å². The van der Waals surface area contributed by atoms with E-state index in [1.54, 1.807) is 16.7 Å². The molecular weight excluding hydrogens is 360 g/mol. The first-order valence-electron chi connectivity index (χ1n) is 9.48. The van der Waals surface area contributed by atoms with Crippen molar-refractivity contribution in [1.82, 2.24) is 9.38 Å². The fourth-order valence-corrected chi connectivity index (χ4v) is 3.81. The molecular formula is C21H23ClN4O. The first-order chi connectivity index (χ1) is 13.2. The molecule has 4 rings (SSSR count). The van der Waals surface area contributed by atoms with Gasteiger partial charge in [0.15, 0.2) is 0 Å². The lowest BCUT2D eigenvalue weighted by atomic mass is 10.1. The minimum absolute atomic E-state index is 0.174. The highest BCUT2D eigenvalue weighted by atomic mass is 35.5. The summed E-state index contributed by atoms with van der Waals surface area (Å²) in [6.07, 6.45) is 6.21. The Morgan fingerprint density at radius 3 is 2.56 bits per heavy atom. The van der Waals surface area contributed by atoms with Gasteiger partial charge in [0.2, 0.25) is 0 Å². The van der Waals surface area contributed by atoms with Crippen molar-refractivity contribution in [2.75, 3.05) is 23.3 Å². The second kappa shape index (κ2) is 7.61. The highest BCUT2D eigenvalue weighted by Gasteiger charge is 2.19. The number of pyridine rings is 1. The predicted octanol–water partition coefficient (Wildman–Crippen LogP) is 4.79. The van der Waals surface area contributed by atoms with E-state index < -0.39 is 0 Å². The smallest absolute Gasteiger partial charge is 0.274 e. The van der Waals surface area contributed by atoms with E-state index in [2.05, 4.69) is 27.3 Å². The maximum absolute atomic E-state index is 12.9. The molecule has 5 nitrogen and oxygen atoms in total. The Bertz CT molecular complexity index is 958. The minimum atomic E-state index is -0.174. The van der Waals surface area contributed by atoms with Gasteiger partial charge in [-0.3, -0.25) is 9.20 Å². The van der Waals surface area contributed by atoms with Gasteiger partial charge >= 0.3 is 0 Å². The molecule has 3 aromatic rings. The van der Waals surface area contributed by atoms with Crippen LogP contribution < -0.4 is 10.2 Å². The lowest BCUT2D eigenvalue weighted by Crippen LogP contribution is -2.29. The number of amides is 1. The summed E-state index contributed by atoms with van der Waals surface area (Å²) in [6, 6.07) is 11.7. The molecule has 0 atom stereocenters. The van der Waals surface area contributed by atoms with Gasteiger partial charge in [0.05, 0.1) is 10.7 Å². The first-order valence-corrected chi connectivity index (χ1v) is 9.86. The molecule has 6 heteroatoms. The van der Waals surface area contributed by atoms with Crippen molar-refractivity contribution < 1.29 is 4.79 Å². The van der Waals surface area contributed by atoms with Crippen molar-refractivity contribution in [3.8, 4) is 0 Å². The van der Waals surface area contributed by atoms with Crippen molar-refractivity contribution in [2.24, 2.45) is 0 Å². The average molecular weight is 383 g/mol. The van der Waals surface area contributed by atoms with Gasteiger partial charge in [0.1, 0.15) is 11.3 Å². The summed E-state index contributed by atoms with van der Waals surface area (Å²) >= 11 is 6.11. The van der Waals surface area contributed by atoms with E-state index in [1.165, 1.54) is 24.9 Å². The standard InChI is InChI=1S/C21H23ClN4O/c1-2-18-20(26-14-15(22)6-11-19(26)24-18)21(27)23-16-7-9-17(10-8-16)25-12-4-3-5-13-25/h6-11,14H,2-5,12-13H2,1H3,(H,23,27). The van der Waals surface area contributed by atoms with Crippen LogP contribution >= 0.6 is 11.6 Å². The molecule has 1 aliphatic heterocycles. The fraction of sp³-hybridized carbons (Fsp3) is 0.333. The Labute approximate surface area is 164 Å². The van der Waals surface area contributed by atoms with Crippen LogP contribution in [0.15, 0.2) is 42.6 Å². The number of hydrogen-bond donors (Lipinski definition) is 1. The Morgan fingerprint density at radius 1 is 1.11 bits per heavy atom. The van der Waals surface area contributed by atoms with Crippen molar-refractivity contribution in [1.29, 1.82) is 0 Å². The van der Waals surface area contributed by atoms with Crippen LogP contribution in [0.1, 0.15) is 42.4 Å². The maximum Gasteiger partial charge on any atom is 0.274 e. The molecule has 2 aromatic heterocycles. The van der Waals surface area contributed by atoms with Crippen LogP contribution in [-0.4, -0.2) is 28.4 Å². The van der Waals surface area contributed by atoms with Crippen molar-refractivity contribution in [3.05, 3.63) is 59.0 Å². The molecule has 1 saturated heterocycles. The molecule has 1 N–H and O–H groups in total. The SMILES string of the molecule is CCc1nc2ccc(Cl)cn2c1C(=O)Nc1ccc(N2CCCCC2)cc1. The number of halogens is 1. The monoisotopic (exact) mass is 382 g/mol. The third kappa shape index (κ3) is 3.65. The van der Waals surface area contributed by atoms with E-state index in [4.69, 9.17) is 11.6 Å². The summed E-state index contributed by atoms with van der Waals surface area (Å²) in [6.45, 7) is 4.20. The molecule has 1 amide bonds. The number of benzene rings is 1. The minimum Gasteiger partial charge on any atom is -0.372 e. The largest absolute Gasteiger partial charge is 0.372 e. The number of anilines is 2. The summed E-state index contributed by atoms with van der Waals surface area (Å²) in [4.78, 5) is 19.9. The normalized spacial score (nSPS) is 14.5. The number of hydrogen-bond acceptors (Lipinski definition) is 3. The van der Waals surface area contributed by atoms with Crippen LogP contribution in [0.4, 0.5) is 11.4 Å². The molecule has 140 valence electrons. The number of aromatic nitrogens is 2. The van der Waals surface area contributed by atoms with Crippen LogP contribution in [0.25, 0.3) is 5.65 Å². The van der Waals surface area contributed by atoms with Crippen LogP contribution in [0.5, 0.6) is 0 Å². The van der Waals surface area contributed by atoms with Gasteiger partial charge in [-0.25, -0.2) is 4.98 Å². The van der Waals surface area contributed by atoms with Gasteiger partial charge in [0.25, 0.3) is 5.91 Å². The topological polar surface area (TPSA) is 49.6 Å². The summed E-state index contributed by atoms with van der Waals surface area (Å²) in [5.74, 6) is -0.174. The van der Waals surface area contributed by atoms with E-state index in [9.17, 15) is 4.79 Å². The van der Waals surface area contributed by atoms with Gasteiger partial charge in [-0.15, -0.1) is 0 Å². The molecule has 1 fully saturated rings. The quantitative estimate of drug-likeness (QED) is 0.705. The van der Waals surface area contributed by atoms with E-state index >= 15 is 0 Å². The number of fused-ring (bicyclic) bond motifs is 1. The number of carbonyl (C=O) groups is 1. The number of nitrogens with one attached hydrogen (secondary N) is 1. The Balaban J connectivity index is 1.57. The van der Waals surface area contributed by atoms with Gasteiger partial charge in [-0.05, 0) is 62.1 Å². The number of carbonyl (C=O) groups excluding carboxylic acids is 1. The Hall–Kier alpha value is -2.53. The lowest BCUT2D eigenvalue weighted by molar-refractivity contribution is 0.102. The maximum atomic E-state index is 12.9. The summed E-state index contributed by atoms with van der Waals surface area (Å²) in [5, 5.41) is 3.57. The molecule has 0 aliphatic carbocycles. The van der Waals surface area contributed by atoms with Crippen molar-refractivity contribution in [2.45, 2.75) is 32.6 Å². The van der Waals surface area contributed by atoms with Gasteiger partial charge in [0, 0.05) is 30.7 Å². The van der Waals surface area contributed by atoms with E-state index in [0.717, 1.165) is 30.1 Å². The third-order valence-corrected chi connectivity index (χ3v) is 5.27. The molecule has 0 radical (unpaired) electrons. The molecule has 0 spiro atoms. The molecule has 0 bridgehead atoms. The lowest BCUT2D eigenvalue weighted by Gasteiger charge is -2.28. The highest BCUT2D eigenvalue weighted by Crippen LogP contribution is 2.23. The zero-order valence-electron chi connectivity index (χ0n) is 15.4. The van der Waals surface area contributed by atoms with Gasteiger partial charge in [-0.2, -0.15) is 0 Å². The van der Waals surface area contributed by atoms with E-state index in [-0.39, 0.29) is 5.91 Å². The molecule has 0 unspecified atom stereocenters. The number of piperidine rings is 1. The fourth-order valence-electron chi connectivity index (χ4n) is 3.65. The van der Waals surface area contributed by atoms with Crippen LogP contribution in [0, 0.1) is 0 Å². The van der Waals surface area contributed by atoms with Crippen molar-refractivity contribution >= 4 is 34.5 Å². The number of aryl methyl sites for hydroxylation is 1. The molecule has 3 heterocycles. The third-order valence-electron chi connectivity index (χ3n) is 5.05. The highest BCUT2D eigenvalue weighted by molar-refractivity contribution is 6.30. The van der Waals surface area contributed by atoms with Crippen molar-refractivity contribution in [3.63, 3.8) is 0 Å². The van der Waals surface area contributed by atoms with E-state index in [0.29, 0.717) is 17.1 Å². The summed E-state index contributed by atoms with van der Waals surface area (Å²) in [7, 11) is 0. The number of rotatable bonds is 4. The summed E-state index contributed by atoms with van der Waals surface area (Å²) < 4.78 is 1.76. The zero-order chi connectivity index (χ0) is 18.8. The van der Waals surface area contributed by atoms with Gasteiger partial charge < -0.3 is 10.2 Å². The first kappa shape index (κ1) is 17.9.